The predicted molar refractivity (Wildman–Crippen MR) is 101 cm³/mol. The Kier molecular flexibility index (Phi) is 4.25. The number of halogens is 1. The number of benzene rings is 2. The van der Waals surface area contributed by atoms with E-state index in [4.69, 9.17) is 9.47 Å². The van der Waals surface area contributed by atoms with Gasteiger partial charge in [-0.05, 0) is 66.8 Å². The fourth-order valence-corrected chi connectivity index (χ4v) is 5.34. The molecule has 3 aliphatic rings. The molecule has 146 valence electrons. The molecule has 2 aromatic carbocycles. The van der Waals surface area contributed by atoms with Crippen LogP contribution in [-0.4, -0.2) is 29.2 Å². The first-order valence-corrected chi connectivity index (χ1v) is 10.0. The molecule has 3 fully saturated rings. The van der Waals surface area contributed by atoms with E-state index in [1.165, 1.54) is 12.1 Å². The summed E-state index contributed by atoms with van der Waals surface area (Å²) < 4.78 is 24.9. The van der Waals surface area contributed by atoms with Gasteiger partial charge in [0, 0.05) is 5.92 Å². The van der Waals surface area contributed by atoms with E-state index >= 15 is 0 Å². The minimum absolute atomic E-state index is 0.00248. The molecule has 0 radical (unpaired) electrons. The number of carbonyl (C=O) groups excluding carboxylic acids is 1. The van der Waals surface area contributed by atoms with E-state index in [0.717, 1.165) is 30.4 Å². The molecule has 5 heteroatoms. The largest absolute Gasteiger partial charge is 0.457 e. The number of hydrogen-bond donors (Lipinski definition) is 1. The molecule has 6 atom stereocenters. The SMILES string of the molecule is CCc1ccc(Oc2ccc(F)cc2)cc1C1C(=O)C2C3CCC(O3)C2C1O. The number of ketones is 1. The van der Waals surface area contributed by atoms with Crippen LogP contribution in [0.15, 0.2) is 42.5 Å². The normalized spacial score (nSPS) is 33.3. The maximum Gasteiger partial charge on any atom is 0.149 e. The first kappa shape index (κ1) is 17.8. The molecule has 1 saturated carbocycles. The van der Waals surface area contributed by atoms with Crippen molar-refractivity contribution in [3.05, 3.63) is 59.4 Å². The number of aryl methyl sites for hydroxylation is 1. The molecule has 5 rings (SSSR count). The molecule has 2 heterocycles. The standard InChI is InChI=1S/C23H23FO4/c1-2-12-3-6-15(27-14-7-4-13(24)5-8-14)11-16(12)19-22(25)20-17-9-10-18(28-17)21(20)23(19)26/h3-8,11,17-22,25H,2,9-10H2,1H3. The van der Waals surface area contributed by atoms with E-state index in [-0.39, 0.29) is 35.6 Å². The Labute approximate surface area is 163 Å². The highest BCUT2D eigenvalue weighted by atomic mass is 19.1. The number of carbonyl (C=O) groups is 1. The van der Waals surface area contributed by atoms with Crippen LogP contribution in [0.4, 0.5) is 4.39 Å². The fraction of sp³-hybridized carbons (Fsp3) is 0.435. The van der Waals surface area contributed by atoms with Crippen molar-refractivity contribution < 1.29 is 23.8 Å². The van der Waals surface area contributed by atoms with Crippen molar-refractivity contribution in [2.75, 3.05) is 0 Å². The van der Waals surface area contributed by atoms with Crippen LogP contribution >= 0.6 is 0 Å². The Morgan fingerprint density at radius 1 is 1.11 bits per heavy atom. The lowest BCUT2D eigenvalue weighted by molar-refractivity contribution is -0.124. The average molecular weight is 382 g/mol. The maximum atomic E-state index is 13.2. The summed E-state index contributed by atoms with van der Waals surface area (Å²) in [5, 5.41) is 11.1. The molecule has 28 heavy (non-hydrogen) atoms. The average Bonchev–Trinajstić information content (AvgIpc) is 3.37. The molecule has 6 unspecified atom stereocenters. The van der Waals surface area contributed by atoms with Crippen LogP contribution in [-0.2, 0) is 16.0 Å². The number of fused-ring (bicyclic) bond motifs is 5. The van der Waals surface area contributed by atoms with Gasteiger partial charge >= 0.3 is 0 Å². The minimum atomic E-state index is -0.723. The Balaban J connectivity index is 1.48. The van der Waals surface area contributed by atoms with Crippen LogP contribution in [0.25, 0.3) is 0 Å². The van der Waals surface area contributed by atoms with Crippen molar-refractivity contribution in [3.63, 3.8) is 0 Å². The van der Waals surface area contributed by atoms with Crippen LogP contribution < -0.4 is 4.74 Å². The molecule has 1 aliphatic carbocycles. The van der Waals surface area contributed by atoms with Crippen LogP contribution in [0.3, 0.4) is 0 Å². The molecule has 2 bridgehead atoms. The second kappa shape index (κ2) is 6.68. The summed E-state index contributed by atoms with van der Waals surface area (Å²) in [6.07, 6.45) is 1.84. The maximum absolute atomic E-state index is 13.2. The quantitative estimate of drug-likeness (QED) is 0.868. The first-order valence-electron chi connectivity index (χ1n) is 10.0. The lowest BCUT2D eigenvalue weighted by Crippen LogP contribution is -2.31. The molecule has 0 spiro atoms. The molecular formula is C23H23FO4. The van der Waals surface area contributed by atoms with Gasteiger partial charge in [0.2, 0.25) is 0 Å². The highest BCUT2D eigenvalue weighted by molar-refractivity contribution is 5.93. The molecular weight excluding hydrogens is 359 g/mol. The summed E-state index contributed by atoms with van der Waals surface area (Å²) in [7, 11) is 0. The summed E-state index contributed by atoms with van der Waals surface area (Å²) >= 11 is 0. The second-order valence-electron chi connectivity index (χ2n) is 8.03. The zero-order valence-electron chi connectivity index (χ0n) is 15.7. The molecule has 2 aromatic rings. The van der Waals surface area contributed by atoms with Gasteiger partial charge in [-0.15, -0.1) is 0 Å². The lowest BCUT2D eigenvalue weighted by Gasteiger charge is -2.23. The van der Waals surface area contributed by atoms with Crippen LogP contribution in [0.5, 0.6) is 11.5 Å². The zero-order valence-corrected chi connectivity index (χ0v) is 15.7. The molecule has 0 aromatic heterocycles. The number of ether oxygens (including phenoxy) is 2. The van der Waals surface area contributed by atoms with Crippen molar-refractivity contribution >= 4 is 5.78 Å². The number of hydrogen-bond acceptors (Lipinski definition) is 4. The van der Waals surface area contributed by atoms with Crippen molar-refractivity contribution in [2.24, 2.45) is 11.8 Å². The summed E-state index contributed by atoms with van der Waals surface area (Å²) in [6, 6.07) is 11.5. The number of Topliss-reactive ketones (excluding diaryl/α,β-unsaturated/α-hetero) is 1. The summed E-state index contributed by atoms with van der Waals surface area (Å²) in [4.78, 5) is 13.2. The number of aliphatic hydroxyl groups is 1. The molecule has 2 saturated heterocycles. The smallest absolute Gasteiger partial charge is 0.149 e. The number of aliphatic hydroxyl groups excluding tert-OH is 1. The third-order valence-electron chi connectivity index (χ3n) is 6.58. The van der Waals surface area contributed by atoms with E-state index in [2.05, 4.69) is 0 Å². The van der Waals surface area contributed by atoms with Crippen molar-refractivity contribution in [3.8, 4) is 11.5 Å². The van der Waals surface area contributed by atoms with Gasteiger partial charge in [-0.25, -0.2) is 4.39 Å². The Bertz CT molecular complexity index is 909. The summed E-state index contributed by atoms with van der Waals surface area (Å²) in [5.41, 5.74) is 1.88. The van der Waals surface area contributed by atoms with E-state index in [1.807, 2.05) is 25.1 Å². The molecule has 2 aliphatic heterocycles. The Morgan fingerprint density at radius 3 is 2.54 bits per heavy atom. The predicted octanol–water partition coefficient (Wildman–Crippen LogP) is 4.00. The van der Waals surface area contributed by atoms with Gasteiger partial charge in [0.1, 0.15) is 23.1 Å². The van der Waals surface area contributed by atoms with Crippen LogP contribution in [0, 0.1) is 17.7 Å². The monoisotopic (exact) mass is 382 g/mol. The third-order valence-corrected chi connectivity index (χ3v) is 6.58. The molecule has 1 N–H and O–H groups in total. The van der Waals surface area contributed by atoms with Gasteiger partial charge in [0.25, 0.3) is 0 Å². The zero-order chi connectivity index (χ0) is 19.4. The van der Waals surface area contributed by atoms with Gasteiger partial charge in [0.15, 0.2) is 0 Å². The lowest BCUT2D eigenvalue weighted by atomic mass is 9.81. The molecule has 0 amide bonds. The van der Waals surface area contributed by atoms with Gasteiger partial charge in [-0.3, -0.25) is 4.79 Å². The Hall–Kier alpha value is -2.24. The van der Waals surface area contributed by atoms with Gasteiger partial charge in [-0.1, -0.05) is 13.0 Å². The minimum Gasteiger partial charge on any atom is -0.457 e. The van der Waals surface area contributed by atoms with Crippen LogP contribution in [0.2, 0.25) is 0 Å². The van der Waals surface area contributed by atoms with Crippen molar-refractivity contribution in [2.45, 2.75) is 50.4 Å². The highest BCUT2D eigenvalue weighted by Crippen LogP contribution is 2.54. The van der Waals surface area contributed by atoms with Gasteiger partial charge in [0.05, 0.1) is 30.1 Å². The van der Waals surface area contributed by atoms with Crippen molar-refractivity contribution in [1.82, 2.24) is 0 Å². The fourth-order valence-electron chi connectivity index (χ4n) is 5.34. The van der Waals surface area contributed by atoms with Crippen molar-refractivity contribution in [1.29, 1.82) is 0 Å². The van der Waals surface area contributed by atoms with Gasteiger partial charge < -0.3 is 14.6 Å². The van der Waals surface area contributed by atoms with Gasteiger partial charge in [-0.2, -0.15) is 0 Å². The topological polar surface area (TPSA) is 55.8 Å². The third kappa shape index (κ3) is 2.68. The second-order valence-corrected chi connectivity index (χ2v) is 8.03. The first-order chi connectivity index (χ1) is 13.6. The number of rotatable bonds is 4. The summed E-state index contributed by atoms with van der Waals surface area (Å²) in [6.45, 7) is 2.04. The van der Waals surface area contributed by atoms with E-state index < -0.39 is 12.0 Å². The van der Waals surface area contributed by atoms with E-state index in [0.29, 0.717) is 11.5 Å². The highest BCUT2D eigenvalue weighted by Gasteiger charge is 2.62. The Morgan fingerprint density at radius 2 is 1.82 bits per heavy atom. The van der Waals surface area contributed by atoms with E-state index in [1.54, 1.807) is 12.1 Å². The summed E-state index contributed by atoms with van der Waals surface area (Å²) in [5.74, 6) is 0.0607. The van der Waals surface area contributed by atoms with E-state index in [9.17, 15) is 14.3 Å². The van der Waals surface area contributed by atoms with Crippen LogP contribution in [0.1, 0.15) is 36.8 Å². The molecule has 4 nitrogen and oxygen atoms in total.